The van der Waals surface area contributed by atoms with Gasteiger partial charge in [-0.3, -0.25) is 0 Å². The molecule has 0 amide bonds. The standard InChI is InChI=1S/C17H32N4O2S.HI/c1-6-18-17(19-7-14(22)10-23-9-12(2)3)20-8-16-21-15(11-24-16)13(4)5;/h11-14,22H,6-10H2,1-5H3,(H2,18,19,20);1H. The number of aliphatic hydroxyl groups is 1. The number of nitrogens with one attached hydrogen (secondary N) is 2. The summed E-state index contributed by atoms with van der Waals surface area (Å²) in [5.41, 5.74) is 1.11. The highest BCUT2D eigenvalue weighted by Gasteiger charge is 2.08. The van der Waals surface area contributed by atoms with E-state index in [2.05, 4.69) is 53.7 Å². The summed E-state index contributed by atoms with van der Waals surface area (Å²) in [6.07, 6.45) is -0.556. The highest BCUT2D eigenvalue weighted by atomic mass is 127. The van der Waals surface area contributed by atoms with Crippen LogP contribution in [0.1, 0.15) is 51.2 Å². The van der Waals surface area contributed by atoms with Crippen molar-refractivity contribution in [3.8, 4) is 0 Å². The van der Waals surface area contributed by atoms with Gasteiger partial charge in [-0.25, -0.2) is 9.98 Å². The van der Waals surface area contributed by atoms with E-state index in [0.717, 1.165) is 17.2 Å². The van der Waals surface area contributed by atoms with Crippen LogP contribution in [0, 0.1) is 5.92 Å². The zero-order valence-corrected chi connectivity index (χ0v) is 19.1. The summed E-state index contributed by atoms with van der Waals surface area (Å²) in [5, 5.41) is 19.4. The summed E-state index contributed by atoms with van der Waals surface area (Å²) in [4.78, 5) is 9.11. The van der Waals surface area contributed by atoms with Gasteiger partial charge in [0.1, 0.15) is 5.01 Å². The smallest absolute Gasteiger partial charge is 0.191 e. The van der Waals surface area contributed by atoms with Crippen molar-refractivity contribution in [2.75, 3.05) is 26.3 Å². The molecule has 0 aliphatic carbocycles. The van der Waals surface area contributed by atoms with E-state index >= 15 is 0 Å². The van der Waals surface area contributed by atoms with E-state index in [9.17, 15) is 5.11 Å². The molecule has 1 atom stereocenters. The zero-order chi connectivity index (χ0) is 17.9. The average molecular weight is 484 g/mol. The fraction of sp³-hybridized carbons (Fsp3) is 0.765. The first-order valence-electron chi connectivity index (χ1n) is 8.64. The van der Waals surface area contributed by atoms with Gasteiger partial charge in [0.15, 0.2) is 5.96 Å². The third-order valence-corrected chi connectivity index (χ3v) is 4.00. The second kappa shape index (κ2) is 13.7. The van der Waals surface area contributed by atoms with Crippen molar-refractivity contribution in [3.05, 3.63) is 16.1 Å². The number of rotatable bonds is 10. The Morgan fingerprint density at radius 3 is 2.56 bits per heavy atom. The molecule has 1 rings (SSSR count). The lowest BCUT2D eigenvalue weighted by Crippen LogP contribution is -2.42. The van der Waals surface area contributed by atoms with Crippen LogP contribution in [-0.2, 0) is 11.3 Å². The molecule has 0 aromatic carbocycles. The number of aliphatic imine (C=N–C) groups is 1. The Balaban J connectivity index is 0.00000576. The molecule has 25 heavy (non-hydrogen) atoms. The fourth-order valence-corrected chi connectivity index (χ4v) is 2.74. The first-order valence-corrected chi connectivity index (χ1v) is 9.52. The summed E-state index contributed by atoms with van der Waals surface area (Å²) in [6, 6.07) is 0. The first-order chi connectivity index (χ1) is 11.4. The number of nitrogens with zero attached hydrogens (tertiary/aromatic N) is 2. The molecule has 0 spiro atoms. The van der Waals surface area contributed by atoms with Crippen molar-refractivity contribution in [3.63, 3.8) is 0 Å². The van der Waals surface area contributed by atoms with Crippen molar-refractivity contribution < 1.29 is 9.84 Å². The minimum Gasteiger partial charge on any atom is -0.389 e. The van der Waals surface area contributed by atoms with Gasteiger partial charge in [0.25, 0.3) is 0 Å². The van der Waals surface area contributed by atoms with E-state index in [4.69, 9.17) is 4.74 Å². The van der Waals surface area contributed by atoms with E-state index in [1.165, 1.54) is 0 Å². The Labute approximate surface area is 172 Å². The van der Waals surface area contributed by atoms with Gasteiger partial charge in [0, 0.05) is 25.1 Å². The molecule has 0 bridgehead atoms. The Kier molecular flexibility index (Phi) is 13.5. The van der Waals surface area contributed by atoms with Crippen molar-refractivity contribution in [2.24, 2.45) is 10.9 Å². The highest BCUT2D eigenvalue weighted by molar-refractivity contribution is 14.0. The fourth-order valence-electron chi connectivity index (χ4n) is 1.86. The van der Waals surface area contributed by atoms with Gasteiger partial charge in [0.2, 0.25) is 0 Å². The van der Waals surface area contributed by atoms with Crippen LogP contribution in [0.2, 0.25) is 0 Å². The summed E-state index contributed by atoms with van der Waals surface area (Å²) < 4.78 is 5.44. The molecule has 0 aliphatic heterocycles. The minimum absolute atomic E-state index is 0. The van der Waals surface area contributed by atoms with E-state index < -0.39 is 6.10 Å². The molecule has 0 aliphatic rings. The lowest BCUT2D eigenvalue weighted by Gasteiger charge is -2.16. The van der Waals surface area contributed by atoms with Gasteiger partial charge in [-0.1, -0.05) is 27.7 Å². The van der Waals surface area contributed by atoms with Crippen LogP contribution in [0.15, 0.2) is 10.4 Å². The normalized spacial score (nSPS) is 13.0. The van der Waals surface area contributed by atoms with Crippen LogP contribution < -0.4 is 10.6 Å². The van der Waals surface area contributed by atoms with Gasteiger partial charge in [-0.2, -0.15) is 0 Å². The molecule has 1 aromatic heterocycles. The molecule has 6 nitrogen and oxygen atoms in total. The second-order valence-electron chi connectivity index (χ2n) is 6.48. The maximum atomic E-state index is 9.95. The topological polar surface area (TPSA) is 78.8 Å². The zero-order valence-electron chi connectivity index (χ0n) is 15.9. The maximum absolute atomic E-state index is 9.95. The van der Waals surface area contributed by atoms with Gasteiger partial charge in [0.05, 0.1) is 24.9 Å². The van der Waals surface area contributed by atoms with Crippen molar-refractivity contribution in [1.82, 2.24) is 15.6 Å². The molecule has 8 heteroatoms. The molecule has 1 heterocycles. The number of aliphatic hydroxyl groups excluding tert-OH is 1. The van der Waals surface area contributed by atoms with Gasteiger partial charge in [-0.05, 0) is 18.8 Å². The van der Waals surface area contributed by atoms with Crippen LogP contribution in [0.5, 0.6) is 0 Å². The monoisotopic (exact) mass is 484 g/mol. The Bertz CT molecular complexity index is 495. The average Bonchev–Trinajstić information content (AvgIpc) is 2.99. The SMILES string of the molecule is CCNC(=NCc1nc(C(C)C)cs1)NCC(O)COCC(C)C.I. The number of ether oxygens (including phenoxy) is 1. The van der Waals surface area contributed by atoms with Crippen molar-refractivity contribution in [2.45, 2.75) is 53.2 Å². The number of thiazole rings is 1. The van der Waals surface area contributed by atoms with Gasteiger partial charge in [-0.15, -0.1) is 35.3 Å². The second-order valence-corrected chi connectivity index (χ2v) is 7.42. The van der Waals surface area contributed by atoms with Crippen LogP contribution >= 0.6 is 35.3 Å². The van der Waals surface area contributed by atoms with Crippen LogP contribution in [0.4, 0.5) is 0 Å². The van der Waals surface area contributed by atoms with E-state index in [-0.39, 0.29) is 24.0 Å². The van der Waals surface area contributed by atoms with Crippen LogP contribution in [-0.4, -0.2) is 48.5 Å². The van der Waals surface area contributed by atoms with Crippen LogP contribution in [0.25, 0.3) is 0 Å². The molecule has 1 unspecified atom stereocenters. The number of hydrogen-bond acceptors (Lipinski definition) is 5. The number of aromatic nitrogens is 1. The number of guanidine groups is 1. The van der Waals surface area contributed by atoms with Crippen molar-refractivity contribution in [1.29, 1.82) is 0 Å². The predicted octanol–water partition coefficient (Wildman–Crippen LogP) is 2.97. The lowest BCUT2D eigenvalue weighted by atomic mass is 10.2. The molecule has 0 saturated carbocycles. The number of halogens is 1. The first kappa shape index (κ1) is 24.6. The van der Waals surface area contributed by atoms with Crippen molar-refractivity contribution >= 4 is 41.3 Å². The third-order valence-electron chi connectivity index (χ3n) is 3.14. The summed E-state index contributed by atoms with van der Waals surface area (Å²) >= 11 is 1.63. The summed E-state index contributed by atoms with van der Waals surface area (Å²) in [6.45, 7) is 13.1. The third kappa shape index (κ3) is 11.0. The molecular weight excluding hydrogens is 451 g/mol. The van der Waals surface area contributed by atoms with E-state index in [0.29, 0.717) is 44.1 Å². The molecular formula is C17H33IN4O2S. The number of hydrogen-bond donors (Lipinski definition) is 3. The summed E-state index contributed by atoms with van der Waals surface area (Å²) in [5.74, 6) is 1.59. The Hall–Kier alpha value is -0.450. The van der Waals surface area contributed by atoms with Gasteiger partial charge < -0.3 is 20.5 Å². The molecule has 0 fully saturated rings. The predicted molar refractivity (Wildman–Crippen MR) is 116 cm³/mol. The lowest BCUT2D eigenvalue weighted by molar-refractivity contribution is 0.0280. The minimum atomic E-state index is -0.556. The van der Waals surface area contributed by atoms with E-state index in [1.54, 1.807) is 11.3 Å². The molecule has 146 valence electrons. The maximum Gasteiger partial charge on any atom is 0.191 e. The quantitative estimate of drug-likeness (QED) is 0.271. The summed E-state index contributed by atoms with van der Waals surface area (Å²) in [7, 11) is 0. The molecule has 3 N–H and O–H groups in total. The molecule has 1 aromatic rings. The largest absolute Gasteiger partial charge is 0.389 e. The van der Waals surface area contributed by atoms with Gasteiger partial charge >= 0.3 is 0 Å². The Morgan fingerprint density at radius 1 is 1.28 bits per heavy atom. The Morgan fingerprint density at radius 2 is 2.00 bits per heavy atom. The molecule has 0 saturated heterocycles. The van der Waals surface area contributed by atoms with Crippen LogP contribution in [0.3, 0.4) is 0 Å². The van der Waals surface area contributed by atoms with E-state index in [1.807, 2.05) is 6.92 Å². The highest BCUT2D eigenvalue weighted by Crippen LogP contribution is 2.18. The molecule has 0 radical (unpaired) electrons.